The van der Waals surface area contributed by atoms with Crippen molar-refractivity contribution in [1.29, 1.82) is 0 Å². The monoisotopic (exact) mass is 222 g/mol. The smallest absolute Gasteiger partial charge is 0.132 e. The average molecular weight is 222 g/mol. The number of hydrogen-bond acceptors (Lipinski definition) is 0. The first-order valence-electron chi connectivity index (χ1n) is 4.84. The predicted octanol–water partition coefficient (Wildman–Crippen LogP) is 3.69. The van der Waals surface area contributed by atoms with Gasteiger partial charge in [-0.1, -0.05) is 30.3 Å². The van der Waals surface area contributed by atoms with E-state index in [2.05, 4.69) is 0 Å². The Morgan fingerprint density at radius 3 is 1.94 bits per heavy atom. The molecule has 0 nitrogen and oxygen atoms in total. The molecular formula is C13H9F3. The van der Waals surface area contributed by atoms with Crippen molar-refractivity contribution in [3.8, 4) is 0 Å². The highest BCUT2D eigenvalue weighted by Crippen LogP contribution is 2.18. The SMILES string of the molecule is Fc1cc(F)c(Cc2ccccc2)c(F)c1. The summed E-state index contributed by atoms with van der Waals surface area (Å²) in [5, 5.41) is 0. The Bertz CT molecular complexity index is 469. The van der Waals surface area contributed by atoms with Crippen LogP contribution in [0.4, 0.5) is 13.2 Å². The summed E-state index contributed by atoms with van der Waals surface area (Å²) in [6.45, 7) is 0. The first-order valence-corrected chi connectivity index (χ1v) is 4.84. The maximum absolute atomic E-state index is 13.3. The van der Waals surface area contributed by atoms with E-state index in [0.717, 1.165) is 5.56 Å². The van der Waals surface area contributed by atoms with Gasteiger partial charge in [-0.25, -0.2) is 13.2 Å². The van der Waals surface area contributed by atoms with E-state index in [0.29, 0.717) is 12.1 Å². The van der Waals surface area contributed by atoms with Crippen LogP contribution in [0.15, 0.2) is 42.5 Å². The predicted molar refractivity (Wildman–Crippen MR) is 55.6 cm³/mol. The second-order valence-electron chi connectivity index (χ2n) is 3.51. The van der Waals surface area contributed by atoms with Crippen molar-refractivity contribution >= 4 is 0 Å². The fourth-order valence-electron chi connectivity index (χ4n) is 1.54. The first-order chi connectivity index (χ1) is 7.66. The van der Waals surface area contributed by atoms with Gasteiger partial charge in [0.05, 0.1) is 0 Å². The molecule has 0 N–H and O–H groups in total. The molecule has 0 aliphatic rings. The van der Waals surface area contributed by atoms with Crippen LogP contribution in [0, 0.1) is 17.5 Å². The topological polar surface area (TPSA) is 0 Å². The minimum atomic E-state index is -0.896. The quantitative estimate of drug-likeness (QED) is 0.726. The van der Waals surface area contributed by atoms with Crippen molar-refractivity contribution in [3.63, 3.8) is 0 Å². The van der Waals surface area contributed by atoms with Gasteiger partial charge >= 0.3 is 0 Å². The van der Waals surface area contributed by atoms with E-state index in [1.807, 2.05) is 6.07 Å². The largest absolute Gasteiger partial charge is 0.207 e. The summed E-state index contributed by atoms with van der Waals surface area (Å²) in [5.41, 5.74) is 0.680. The van der Waals surface area contributed by atoms with Crippen LogP contribution in [-0.4, -0.2) is 0 Å². The zero-order valence-electron chi connectivity index (χ0n) is 8.38. The van der Waals surface area contributed by atoms with Crippen LogP contribution in [0.3, 0.4) is 0 Å². The Balaban J connectivity index is 2.35. The zero-order valence-corrected chi connectivity index (χ0v) is 8.38. The van der Waals surface area contributed by atoms with Gasteiger partial charge < -0.3 is 0 Å². The molecule has 2 aromatic carbocycles. The highest BCUT2D eigenvalue weighted by atomic mass is 19.1. The number of hydrogen-bond donors (Lipinski definition) is 0. The second-order valence-corrected chi connectivity index (χ2v) is 3.51. The maximum Gasteiger partial charge on any atom is 0.132 e. The lowest BCUT2D eigenvalue weighted by molar-refractivity contribution is 0.528. The molecule has 0 atom stereocenters. The minimum absolute atomic E-state index is 0.104. The summed E-state index contributed by atoms with van der Waals surface area (Å²) < 4.78 is 39.3. The van der Waals surface area contributed by atoms with Crippen molar-refractivity contribution in [2.75, 3.05) is 0 Å². The van der Waals surface area contributed by atoms with Gasteiger partial charge in [0.1, 0.15) is 17.5 Å². The third-order valence-electron chi connectivity index (χ3n) is 2.33. The fraction of sp³-hybridized carbons (Fsp3) is 0.0769. The van der Waals surface area contributed by atoms with Gasteiger partial charge in [-0.15, -0.1) is 0 Å². The number of halogens is 3. The highest BCUT2D eigenvalue weighted by Gasteiger charge is 2.11. The fourth-order valence-corrected chi connectivity index (χ4v) is 1.54. The molecule has 2 rings (SSSR count). The molecule has 0 radical (unpaired) electrons. The molecule has 0 unspecified atom stereocenters. The van der Waals surface area contributed by atoms with Crippen LogP contribution < -0.4 is 0 Å². The van der Waals surface area contributed by atoms with Crippen LogP contribution >= 0.6 is 0 Å². The van der Waals surface area contributed by atoms with E-state index >= 15 is 0 Å². The molecule has 0 saturated heterocycles. The Hall–Kier alpha value is -1.77. The Kier molecular flexibility index (Phi) is 2.95. The van der Waals surface area contributed by atoms with Gasteiger partial charge in [-0.05, 0) is 5.56 Å². The van der Waals surface area contributed by atoms with Crippen LogP contribution in [0.2, 0.25) is 0 Å². The standard InChI is InChI=1S/C13H9F3/c14-10-7-12(15)11(13(16)8-10)6-9-4-2-1-3-5-9/h1-5,7-8H,6H2. The molecule has 0 saturated carbocycles. The summed E-state index contributed by atoms with van der Waals surface area (Å²) in [7, 11) is 0. The van der Waals surface area contributed by atoms with Gasteiger partial charge in [0.25, 0.3) is 0 Å². The Morgan fingerprint density at radius 1 is 0.812 bits per heavy atom. The van der Waals surface area contributed by atoms with Gasteiger partial charge in [0.15, 0.2) is 0 Å². The van der Waals surface area contributed by atoms with E-state index in [-0.39, 0.29) is 12.0 Å². The van der Waals surface area contributed by atoms with Crippen molar-refractivity contribution in [1.82, 2.24) is 0 Å². The minimum Gasteiger partial charge on any atom is -0.207 e. The summed E-state index contributed by atoms with van der Waals surface area (Å²) in [6, 6.07) is 10.3. The van der Waals surface area contributed by atoms with Crippen LogP contribution in [0.1, 0.15) is 11.1 Å². The van der Waals surface area contributed by atoms with Crippen molar-refractivity contribution in [2.45, 2.75) is 6.42 Å². The number of benzene rings is 2. The van der Waals surface area contributed by atoms with E-state index in [4.69, 9.17) is 0 Å². The molecule has 0 spiro atoms. The van der Waals surface area contributed by atoms with Gasteiger partial charge in [0.2, 0.25) is 0 Å². The molecule has 0 aliphatic carbocycles. The summed E-state index contributed by atoms with van der Waals surface area (Å²) in [6.07, 6.45) is 0.124. The van der Waals surface area contributed by atoms with Crippen LogP contribution in [0.25, 0.3) is 0 Å². The molecule has 82 valence electrons. The molecule has 0 amide bonds. The molecule has 0 fully saturated rings. The molecule has 3 heteroatoms. The third kappa shape index (κ3) is 2.24. The van der Waals surface area contributed by atoms with E-state index in [1.54, 1.807) is 24.3 Å². The van der Waals surface area contributed by atoms with Crippen molar-refractivity contribution in [2.24, 2.45) is 0 Å². The third-order valence-corrected chi connectivity index (χ3v) is 2.33. The Morgan fingerprint density at radius 2 is 1.38 bits per heavy atom. The first kappa shape index (κ1) is 10.7. The maximum atomic E-state index is 13.3. The summed E-state index contributed by atoms with van der Waals surface area (Å²) in [5.74, 6) is -2.59. The molecule has 2 aromatic rings. The second kappa shape index (κ2) is 4.39. The molecule has 0 aliphatic heterocycles. The lowest BCUT2D eigenvalue weighted by Crippen LogP contribution is -1.98. The van der Waals surface area contributed by atoms with Crippen LogP contribution in [-0.2, 0) is 6.42 Å². The van der Waals surface area contributed by atoms with Gasteiger partial charge in [-0.2, -0.15) is 0 Å². The van der Waals surface area contributed by atoms with E-state index in [9.17, 15) is 13.2 Å². The lowest BCUT2D eigenvalue weighted by Gasteiger charge is -2.05. The van der Waals surface area contributed by atoms with Crippen molar-refractivity contribution in [3.05, 3.63) is 71.0 Å². The molecular weight excluding hydrogens is 213 g/mol. The molecule has 0 aromatic heterocycles. The van der Waals surface area contributed by atoms with Crippen LogP contribution in [0.5, 0.6) is 0 Å². The molecule has 16 heavy (non-hydrogen) atoms. The summed E-state index contributed by atoms with van der Waals surface area (Å²) in [4.78, 5) is 0. The molecule has 0 heterocycles. The lowest BCUT2D eigenvalue weighted by atomic mass is 10.0. The highest BCUT2D eigenvalue weighted by molar-refractivity contribution is 5.28. The number of rotatable bonds is 2. The zero-order chi connectivity index (χ0) is 11.5. The normalized spacial score (nSPS) is 10.4. The van der Waals surface area contributed by atoms with Gasteiger partial charge in [0, 0.05) is 24.1 Å². The van der Waals surface area contributed by atoms with Crippen molar-refractivity contribution < 1.29 is 13.2 Å². The molecule has 0 bridgehead atoms. The Labute approximate surface area is 91.4 Å². The average Bonchev–Trinajstić information content (AvgIpc) is 2.25. The van der Waals surface area contributed by atoms with Gasteiger partial charge in [-0.3, -0.25) is 0 Å². The summed E-state index contributed by atoms with van der Waals surface area (Å²) >= 11 is 0. The van der Waals surface area contributed by atoms with E-state index in [1.165, 1.54) is 0 Å². The van der Waals surface area contributed by atoms with E-state index < -0.39 is 17.5 Å².